The van der Waals surface area contributed by atoms with Gasteiger partial charge in [-0.1, -0.05) is 6.92 Å². The number of aliphatic hydroxyl groups is 1. The molecule has 1 amide bonds. The van der Waals surface area contributed by atoms with Gasteiger partial charge < -0.3 is 24.6 Å². The smallest absolute Gasteiger partial charge is 0.253 e. The lowest BCUT2D eigenvalue weighted by Gasteiger charge is -2.45. The summed E-state index contributed by atoms with van der Waals surface area (Å²) in [7, 11) is 0. The largest absolute Gasteiger partial charge is 0.508 e. The molecule has 1 saturated heterocycles. The third kappa shape index (κ3) is 2.27. The Labute approximate surface area is 147 Å². The molecule has 6 atom stereocenters. The van der Waals surface area contributed by atoms with Crippen LogP contribution in [0, 0.1) is 12.8 Å². The molecule has 25 heavy (non-hydrogen) atoms. The molecule has 1 aromatic carbocycles. The van der Waals surface area contributed by atoms with Crippen LogP contribution in [0.5, 0.6) is 11.5 Å². The number of carbonyl (C=O) groups excluding carboxylic acids is 1. The normalized spacial score (nSPS) is 34.1. The number of aliphatic hydroxyl groups excluding tert-OH is 1. The van der Waals surface area contributed by atoms with Crippen molar-refractivity contribution in [1.82, 2.24) is 4.90 Å². The van der Waals surface area contributed by atoms with Gasteiger partial charge in [-0.15, -0.1) is 0 Å². The van der Waals surface area contributed by atoms with Crippen LogP contribution in [0.15, 0.2) is 6.07 Å². The summed E-state index contributed by atoms with van der Waals surface area (Å²) in [5, 5.41) is 20.0. The first-order chi connectivity index (χ1) is 11.8. The molecule has 0 aliphatic carbocycles. The predicted molar refractivity (Wildman–Crippen MR) is 90.5 cm³/mol. The Balaban J connectivity index is 1.82. The second-order valence-electron chi connectivity index (χ2n) is 7.57. The van der Waals surface area contributed by atoms with Gasteiger partial charge in [-0.05, 0) is 38.3 Å². The van der Waals surface area contributed by atoms with E-state index in [1.807, 2.05) is 6.92 Å². The van der Waals surface area contributed by atoms with Gasteiger partial charge in [0.15, 0.2) is 6.23 Å². The van der Waals surface area contributed by atoms with Gasteiger partial charge in [-0.2, -0.15) is 0 Å². The maximum Gasteiger partial charge on any atom is 0.253 e. The number of rotatable bonds is 1. The highest BCUT2D eigenvalue weighted by Crippen LogP contribution is 2.55. The van der Waals surface area contributed by atoms with E-state index in [1.54, 1.807) is 11.0 Å². The number of amides is 1. The summed E-state index contributed by atoms with van der Waals surface area (Å²) >= 11 is 0. The number of benzene rings is 1. The number of ether oxygens (including phenoxy) is 2. The van der Waals surface area contributed by atoms with Crippen LogP contribution in [0.4, 0.5) is 0 Å². The van der Waals surface area contributed by atoms with Gasteiger partial charge in [0.25, 0.3) is 5.91 Å². The first-order valence-electron chi connectivity index (χ1n) is 8.98. The molecule has 0 saturated carbocycles. The van der Waals surface area contributed by atoms with E-state index < -0.39 is 12.3 Å². The lowest BCUT2D eigenvalue weighted by molar-refractivity contribution is -0.153. The number of likely N-dealkylation sites (tertiary alicyclic amines) is 1. The van der Waals surface area contributed by atoms with Crippen LogP contribution in [-0.2, 0) is 9.53 Å². The topological polar surface area (TPSA) is 79.2 Å². The summed E-state index contributed by atoms with van der Waals surface area (Å²) < 4.78 is 12.5. The Morgan fingerprint density at radius 2 is 2.08 bits per heavy atom. The molecule has 6 nitrogen and oxygen atoms in total. The van der Waals surface area contributed by atoms with Gasteiger partial charge in [-0.25, -0.2) is 0 Å². The Hall–Kier alpha value is -1.79. The molecular weight excluding hydrogens is 322 g/mol. The third-order valence-electron chi connectivity index (χ3n) is 6.07. The zero-order chi connectivity index (χ0) is 18.0. The number of hydrogen-bond donors (Lipinski definition) is 2. The van der Waals surface area contributed by atoms with E-state index in [4.69, 9.17) is 9.47 Å². The highest BCUT2D eigenvalue weighted by atomic mass is 16.5. The van der Waals surface area contributed by atoms with E-state index in [0.717, 1.165) is 23.1 Å². The summed E-state index contributed by atoms with van der Waals surface area (Å²) in [6, 6.07) is 1.63. The zero-order valence-corrected chi connectivity index (χ0v) is 15.0. The van der Waals surface area contributed by atoms with Crippen molar-refractivity contribution in [3.05, 3.63) is 22.8 Å². The Morgan fingerprint density at radius 3 is 2.76 bits per heavy atom. The van der Waals surface area contributed by atoms with Crippen LogP contribution >= 0.6 is 0 Å². The van der Waals surface area contributed by atoms with E-state index in [0.29, 0.717) is 12.3 Å². The van der Waals surface area contributed by atoms with Crippen LogP contribution in [0.25, 0.3) is 0 Å². The minimum Gasteiger partial charge on any atom is -0.508 e. The fourth-order valence-corrected chi connectivity index (χ4v) is 4.57. The first-order valence-corrected chi connectivity index (χ1v) is 8.98. The van der Waals surface area contributed by atoms with E-state index >= 15 is 0 Å². The summed E-state index contributed by atoms with van der Waals surface area (Å²) in [5.74, 6) is 0.665. The van der Waals surface area contributed by atoms with Gasteiger partial charge in [0.05, 0.1) is 12.2 Å². The van der Waals surface area contributed by atoms with Crippen molar-refractivity contribution in [2.45, 2.75) is 64.6 Å². The SMILES string of the molecule is Cc1c(O)cc2c3c1[C@H](C)[C@@H](C)O[C@H]3[C@@H]1CCN(C(=O)[C@@H](C)O)[C@@H]1O2. The van der Waals surface area contributed by atoms with Crippen molar-refractivity contribution in [1.29, 1.82) is 0 Å². The van der Waals surface area contributed by atoms with E-state index in [-0.39, 0.29) is 35.7 Å². The Kier molecular flexibility index (Phi) is 3.74. The molecule has 0 spiro atoms. The molecule has 4 rings (SSSR count). The molecular formula is C19H25NO5. The number of fused-ring (bicyclic) bond motifs is 2. The second kappa shape index (κ2) is 5.61. The van der Waals surface area contributed by atoms with Crippen molar-refractivity contribution >= 4 is 5.91 Å². The highest BCUT2D eigenvalue weighted by molar-refractivity contribution is 5.81. The average molecular weight is 347 g/mol. The van der Waals surface area contributed by atoms with Crippen LogP contribution < -0.4 is 4.74 Å². The molecule has 1 fully saturated rings. The van der Waals surface area contributed by atoms with Gasteiger partial charge in [-0.3, -0.25) is 4.79 Å². The Bertz CT molecular complexity index is 731. The molecule has 6 heteroatoms. The molecule has 3 aliphatic rings. The van der Waals surface area contributed by atoms with E-state index in [2.05, 4.69) is 13.8 Å². The molecule has 0 unspecified atom stereocenters. The summed E-state index contributed by atoms with van der Waals surface area (Å²) in [4.78, 5) is 13.9. The summed E-state index contributed by atoms with van der Waals surface area (Å²) in [6.07, 6.45) is -0.882. The van der Waals surface area contributed by atoms with Gasteiger partial charge in [0.2, 0.25) is 0 Å². The maximum absolute atomic E-state index is 12.3. The maximum atomic E-state index is 12.3. The van der Waals surface area contributed by atoms with E-state index in [1.165, 1.54) is 6.92 Å². The lowest BCUT2D eigenvalue weighted by atomic mass is 9.77. The van der Waals surface area contributed by atoms with E-state index in [9.17, 15) is 15.0 Å². The van der Waals surface area contributed by atoms with Crippen molar-refractivity contribution in [2.75, 3.05) is 6.54 Å². The van der Waals surface area contributed by atoms with Gasteiger partial charge in [0, 0.05) is 30.0 Å². The van der Waals surface area contributed by atoms with Crippen LogP contribution in [0.1, 0.15) is 55.9 Å². The van der Waals surface area contributed by atoms with Crippen molar-refractivity contribution in [3.63, 3.8) is 0 Å². The summed E-state index contributed by atoms with van der Waals surface area (Å²) in [5.41, 5.74) is 3.01. The fourth-order valence-electron chi connectivity index (χ4n) is 4.57. The van der Waals surface area contributed by atoms with Gasteiger partial charge in [0.1, 0.15) is 17.6 Å². The number of carbonyl (C=O) groups is 1. The van der Waals surface area contributed by atoms with Crippen molar-refractivity contribution in [3.8, 4) is 11.5 Å². The molecule has 136 valence electrons. The van der Waals surface area contributed by atoms with Gasteiger partial charge >= 0.3 is 0 Å². The molecule has 3 aliphatic heterocycles. The van der Waals surface area contributed by atoms with Crippen LogP contribution in [0.3, 0.4) is 0 Å². The number of hydrogen-bond acceptors (Lipinski definition) is 5. The molecule has 0 aromatic heterocycles. The van der Waals surface area contributed by atoms with Crippen molar-refractivity contribution in [2.24, 2.45) is 5.92 Å². The van der Waals surface area contributed by atoms with Crippen molar-refractivity contribution < 1.29 is 24.5 Å². The molecule has 0 radical (unpaired) electrons. The standard InChI is InChI=1S/C19H25NO5/c1-8-11(4)24-17-12-5-6-20(18(23)10(3)21)19(12)25-14-7-13(22)9(2)15(8)16(14)17/h7-8,10-12,17,19,21-22H,5-6H2,1-4H3/t8-,10-,11-,12+,17+,19-/m1/s1. The number of phenolic OH excluding ortho intramolecular Hbond substituents is 1. The molecule has 2 N–H and O–H groups in total. The average Bonchev–Trinajstić information content (AvgIpc) is 2.97. The summed E-state index contributed by atoms with van der Waals surface area (Å²) in [6.45, 7) is 8.10. The van der Waals surface area contributed by atoms with Crippen LogP contribution in [-0.4, -0.2) is 46.0 Å². The third-order valence-corrected chi connectivity index (χ3v) is 6.07. The number of nitrogens with zero attached hydrogens (tertiary/aromatic N) is 1. The highest BCUT2D eigenvalue weighted by Gasteiger charge is 2.52. The Morgan fingerprint density at radius 1 is 1.36 bits per heavy atom. The molecule has 1 aromatic rings. The lowest BCUT2D eigenvalue weighted by Crippen LogP contribution is -2.49. The molecule has 3 heterocycles. The quantitative estimate of drug-likeness (QED) is 0.814. The zero-order valence-electron chi connectivity index (χ0n) is 15.0. The number of phenols is 1. The predicted octanol–water partition coefficient (Wildman–Crippen LogP) is 2.21. The fraction of sp³-hybridized carbons (Fsp3) is 0.632. The minimum absolute atomic E-state index is 0.0196. The monoisotopic (exact) mass is 347 g/mol. The number of aromatic hydroxyl groups is 1. The first kappa shape index (κ1) is 16.7. The van der Waals surface area contributed by atoms with Crippen LogP contribution in [0.2, 0.25) is 0 Å². The second-order valence-corrected chi connectivity index (χ2v) is 7.57. The minimum atomic E-state index is -1.06. The molecule has 0 bridgehead atoms.